The van der Waals surface area contributed by atoms with Crippen molar-refractivity contribution in [2.24, 2.45) is 5.92 Å². The summed E-state index contributed by atoms with van der Waals surface area (Å²) in [5.41, 5.74) is 1.25. The van der Waals surface area contributed by atoms with Crippen LogP contribution in [0, 0.1) is 11.7 Å². The van der Waals surface area contributed by atoms with E-state index in [9.17, 15) is 9.18 Å². The van der Waals surface area contributed by atoms with Crippen LogP contribution in [0.5, 0.6) is 0 Å². The topological polar surface area (TPSA) is 54.0 Å². The number of benzene rings is 1. The fourth-order valence-corrected chi connectivity index (χ4v) is 3.34. The first-order valence-electron chi connectivity index (χ1n) is 7.43. The Morgan fingerprint density at radius 3 is 2.95 bits per heavy atom. The maximum atomic E-state index is 12.9. The summed E-state index contributed by atoms with van der Waals surface area (Å²) in [5.74, 6) is 0.0717. The fourth-order valence-electron chi connectivity index (χ4n) is 2.53. The van der Waals surface area contributed by atoms with Crippen LogP contribution in [0.15, 0.2) is 29.6 Å². The van der Waals surface area contributed by atoms with Crippen LogP contribution in [0.25, 0.3) is 10.6 Å². The van der Waals surface area contributed by atoms with Gasteiger partial charge >= 0.3 is 0 Å². The Morgan fingerprint density at radius 2 is 2.23 bits per heavy atom. The predicted molar refractivity (Wildman–Crippen MR) is 85.4 cm³/mol. The summed E-state index contributed by atoms with van der Waals surface area (Å²) >= 11 is 1.39. The first-order chi connectivity index (χ1) is 10.7. The standard InChI is InChI=1S/C16H18FN3OS/c17-13-5-3-12(4-6-13)16-20-14(10-22-16)15(21)19-9-11-2-1-7-18-8-11/h3-6,10-11,18H,1-2,7-9H2,(H,19,21). The number of amides is 1. The van der Waals surface area contributed by atoms with Crippen LogP contribution in [0.3, 0.4) is 0 Å². The van der Waals surface area contributed by atoms with E-state index < -0.39 is 0 Å². The van der Waals surface area contributed by atoms with Crippen molar-refractivity contribution in [1.82, 2.24) is 15.6 Å². The smallest absolute Gasteiger partial charge is 0.270 e. The number of thiazole rings is 1. The lowest BCUT2D eigenvalue weighted by molar-refractivity contribution is 0.0940. The van der Waals surface area contributed by atoms with Gasteiger partial charge in [-0.25, -0.2) is 9.37 Å². The van der Waals surface area contributed by atoms with Crippen molar-refractivity contribution >= 4 is 17.2 Å². The number of hydrogen-bond acceptors (Lipinski definition) is 4. The van der Waals surface area contributed by atoms with E-state index in [1.165, 1.54) is 23.5 Å². The number of carbonyl (C=O) groups is 1. The van der Waals surface area contributed by atoms with Gasteiger partial charge in [-0.1, -0.05) is 0 Å². The minimum absolute atomic E-state index is 0.143. The summed E-state index contributed by atoms with van der Waals surface area (Å²) in [7, 11) is 0. The zero-order valence-electron chi connectivity index (χ0n) is 12.1. The number of aromatic nitrogens is 1. The Hall–Kier alpha value is -1.79. The molecule has 116 valence electrons. The highest BCUT2D eigenvalue weighted by Crippen LogP contribution is 2.23. The number of halogens is 1. The van der Waals surface area contributed by atoms with E-state index >= 15 is 0 Å². The molecule has 3 rings (SSSR count). The predicted octanol–water partition coefficient (Wildman–Crippen LogP) is 2.68. The molecule has 0 saturated carbocycles. The zero-order valence-corrected chi connectivity index (χ0v) is 13.0. The van der Waals surface area contributed by atoms with Crippen LogP contribution >= 0.6 is 11.3 Å². The molecule has 2 N–H and O–H groups in total. The van der Waals surface area contributed by atoms with Crippen molar-refractivity contribution in [3.8, 4) is 10.6 Å². The molecule has 0 aliphatic carbocycles. The van der Waals surface area contributed by atoms with E-state index in [0.29, 0.717) is 18.2 Å². The fraction of sp³-hybridized carbons (Fsp3) is 0.375. The quantitative estimate of drug-likeness (QED) is 0.911. The third-order valence-corrected chi connectivity index (χ3v) is 4.67. The summed E-state index contributed by atoms with van der Waals surface area (Å²) in [4.78, 5) is 16.5. The molecule has 1 atom stereocenters. The summed E-state index contributed by atoms with van der Waals surface area (Å²) in [6.07, 6.45) is 2.30. The normalized spacial score (nSPS) is 18.1. The monoisotopic (exact) mass is 319 g/mol. The lowest BCUT2D eigenvalue weighted by Gasteiger charge is -2.22. The molecule has 1 aromatic heterocycles. The minimum atomic E-state index is -0.278. The molecule has 0 spiro atoms. The highest BCUT2D eigenvalue weighted by molar-refractivity contribution is 7.13. The molecule has 1 aliphatic heterocycles. The molecule has 4 nitrogen and oxygen atoms in total. The van der Waals surface area contributed by atoms with Gasteiger partial charge in [-0.15, -0.1) is 11.3 Å². The van der Waals surface area contributed by atoms with E-state index in [-0.39, 0.29) is 11.7 Å². The molecule has 22 heavy (non-hydrogen) atoms. The van der Waals surface area contributed by atoms with Gasteiger partial charge in [0.05, 0.1) is 0 Å². The van der Waals surface area contributed by atoms with Crippen LogP contribution in [-0.2, 0) is 0 Å². The Labute approximate surface area is 132 Å². The highest BCUT2D eigenvalue weighted by atomic mass is 32.1. The molecule has 1 fully saturated rings. The first kappa shape index (κ1) is 15.1. The lowest BCUT2D eigenvalue weighted by atomic mass is 10.00. The summed E-state index contributed by atoms with van der Waals surface area (Å²) in [6.45, 7) is 2.70. The Bertz CT molecular complexity index is 635. The number of nitrogens with zero attached hydrogens (tertiary/aromatic N) is 1. The van der Waals surface area contributed by atoms with Gasteiger partial charge < -0.3 is 10.6 Å². The third kappa shape index (κ3) is 3.69. The van der Waals surface area contributed by atoms with Crippen molar-refractivity contribution in [3.05, 3.63) is 41.2 Å². The molecule has 0 bridgehead atoms. The van der Waals surface area contributed by atoms with Crippen LogP contribution in [-0.4, -0.2) is 30.5 Å². The average Bonchev–Trinajstić information content (AvgIpc) is 3.04. The van der Waals surface area contributed by atoms with Gasteiger partial charge in [0, 0.05) is 17.5 Å². The number of piperidine rings is 1. The maximum absolute atomic E-state index is 12.9. The van der Waals surface area contributed by atoms with Crippen molar-refractivity contribution in [1.29, 1.82) is 0 Å². The van der Waals surface area contributed by atoms with Gasteiger partial charge in [-0.2, -0.15) is 0 Å². The second-order valence-electron chi connectivity index (χ2n) is 5.47. The molecule has 1 unspecified atom stereocenters. The van der Waals surface area contributed by atoms with Crippen molar-refractivity contribution in [3.63, 3.8) is 0 Å². The van der Waals surface area contributed by atoms with E-state index in [0.717, 1.165) is 36.5 Å². The molecular formula is C16H18FN3OS. The molecule has 6 heteroatoms. The molecule has 1 aliphatic rings. The van der Waals surface area contributed by atoms with Crippen molar-refractivity contribution in [2.75, 3.05) is 19.6 Å². The number of hydrogen-bond donors (Lipinski definition) is 2. The zero-order chi connectivity index (χ0) is 15.4. The number of nitrogens with one attached hydrogen (secondary N) is 2. The summed E-state index contributed by atoms with van der Waals surface area (Å²) in [5, 5.41) is 8.75. The summed E-state index contributed by atoms with van der Waals surface area (Å²) in [6, 6.07) is 6.13. The van der Waals surface area contributed by atoms with Gasteiger partial charge in [0.2, 0.25) is 0 Å². The van der Waals surface area contributed by atoms with Crippen molar-refractivity contribution < 1.29 is 9.18 Å². The van der Waals surface area contributed by atoms with Gasteiger partial charge in [0.25, 0.3) is 5.91 Å². The lowest BCUT2D eigenvalue weighted by Crippen LogP contribution is -2.38. The molecule has 2 aromatic rings. The Morgan fingerprint density at radius 1 is 1.41 bits per heavy atom. The van der Waals surface area contributed by atoms with Crippen LogP contribution in [0.1, 0.15) is 23.3 Å². The second kappa shape index (κ2) is 6.98. The molecule has 1 amide bonds. The Kier molecular flexibility index (Phi) is 4.80. The third-order valence-electron chi connectivity index (χ3n) is 3.78. The van der Waals surface area contributed by atoms with Crippen LogP contribution in [0.2, 0.25) is 0 Å². The average molecular weight is 319 g/mol. The molecule has 1 saturated heterocycles. The molecule has 1 aromatic carbocycles. The Balaban J connectivity index is 1.60. The van der Waals surface area contributed by atoms with Gasteiger partial charge in [-0.05, 0) is 56.1 Å². The SMILES string of the molecule is O=C(NCC1CCCNC1)c1csc(-c2ccc(F)cc2)n1. The van der Waals surface area contributed by atoms with E-state index in [2.05, 4.69) is 15.6 Å². The van der Waals surface area contributed by atoms with Crippen LogP contribution < -0.4 is 10.6 Å². The summed E-state index contributed by atoms with van der Waals surface area (Å²) < 4.78 is 12.9. The molecule has 2 heterocycles. The molecular weight excluding hydrogens is 301 g/mol. The largest absolute Gasteiger partial charge is 0.350 e. The van der Waals surface area contributed by atoms with Crippen molar-refractivity contribution in [2.45, 2.75) is 12.8 Å². The maximum Gasteiger partial charge on any atom is 0.270 e. The minimum Gasteiger partial charge on any atom is -0.350 e. The molecule has 0 radical (unpaired) electrons. The first-order valence-corrected chi connectivity index (χ1v) is 8.31. The van der Waals surface area contributed by atoms with Gasteiger partial charge in [0.1, 0.15) is 16.5 Å². The van der Waals surface area contributed by atoms with E-state index in [4.69, 9.17) is 0 Å². The number of carbonyl (C=O) groups excluding carboxylic acids is 1. The number of rotatable bonds is 4. The van der Waals surface area contributed by atoms with Gasteiger partial charge in [-0.3, -0.25) is 4.79 Å². The van der Waals surface area contributed by atoms with Gasteiger partial charge in [0.15, 0.2) is 0 Å². The van der Waals surface area contributed by atoms with E-state index in [1.807, 2.05) is 0 Å². The second-order valence-corrected chi connectivity index (χ2v) is 6.33. The van der Waals surface area contributed by atoms with E-state index in [1.54, 1.807) is 17.5 Å². The highest BCUT2D eigenvalue weighted by Gasteiger charge is 2.16. The van der Waals surface area contributed by atoms with Crippen LogP contribution in [0.4, 0.5) is 4.39 Å².